The molecule has 0 saturated heterocycles. The molecule has 114 valence electrons. The van der Waals surface area contributed by atoms with Crippen LogP contribution < -0.4 is 10.6 Å². The molecule has 0 saturated carbocycles. The topological polar surface area (TPSA) is 49.8 Å². The first-order valence-electron chi connectivity index (χ1n) is 7.31. The summed E-state index contributed by atoms with van der Waals surface area (Å²) in [7, 11) is 0. The van der Waals surface area contributed by atoms with Crippen LogP contribution >= 0.6 is 0 Å². The summed E-state index contributed by atoms with van der Waals surface area (Å²) in [4.78, 5) is 9.42. The normalized spacial score (nSPS) is 12.8. The van der Waals surface area contributed by atoms with Gasteiger partial charge in [0.1, 0.15) is 0 Å². The van der Waals surface area contributed by atoms with Crippen LogP contribution in [-0.4, -0.2) is 21.0 Å². The van der Waals surface area contributed by atoms with Gasteiger partial charge in [-0.3, -0.25) is 9.97 Å². The zero-order valence-electron chi connectivity index (χ0n) is 14.3. The first-order valence-corrected chi connectivity index (χ1v) is 7.31. The third-order valence-electron chi connectivity index (χ3n) is 3.01. The SMILES string of the molecule is Cc1nc(CNC(C)(C)C)c(C)nc1CNC(C)(C)C. The van der Waals surface area contributed by atoms with Gasteiger partial charge in [-0.05, 0) is 55.4 Å². The fourth-order valence-electron chi connectivity index (χ4n) is 1.73. The second-order valence-electron chi connectivity index (χ2n) is 7.49. The predicted octanol–water partition coefficient (Wildman–Crippen LogP) is 2.87. The smallest absolute Gasteiger partial charge is 0.0757 e. The van der Waals surface area contributed by atoms with Crippen LogP contribution in [0.25, 0.3) is 0 Å². The molecule has 20 heavy (non-hydrogen) atoms. The predicted molar refractivity (Wildman–Crippen MR) is 84.7 cm³/mol. The van der Waals surface area contributed by atoms with Crippen molar-refractivity contribution in [3.8, 4) is 0 Å². The van der Waals surface area contributed by atoms with Gasteiger partial charge in [0.15, 0.2) is 0 Å². The van der Waals surface area contributed by atoms with E-state index in [1.807, 2.05) is 13.8 Å². The van der Waals surface area contributed by atoms with Crippen LogP contribution in [0, 0.1) is 13.8 Å². The van der Waals surface area contributed by atoms with E-state index in [1.54, 1.807) is 0 Å². The maximum absolute atomic E-state index is 4.71. The third-order valence-corrected chi connectivity index (χ3v) is 3.01. The van der Waals surface area contributed by atoms with E-state index in [0.717, 1.165) is 35.9 Å². The number of rotatable bonds is 4. The second kappa shape index (κ2) is 6.19. The van der Waals surface area contributed by atoms with Gasteiger partial charge in [0.05, 0.1) is 22.8 Å². The zero-order chi connectivity index (χ0) is 15.6. The molecule has 2 N–H and O–H groups in total. The molecule has 0 aliphatic heterocycles. The van der Waals surface area contributed by atoms with Crippen molar-refractivity contribution in [3.63, 3.8) is 0 Å². The van der Waals surface area contributed by atoms with Crippen LogP contribution in [0.5, 0.6) is 0 Å². The lowest BCUT2D eigenvalue weighted by Gasteiger charge is -2.22. The van der Waals surface area contributed by atoms with E-state index in [9.17, 15) is 0 Å². The molecule has 1 heterocycles. The molecular formula is C16H30N4. The van der Waals surface area contributed by atoms with Crippen LogP contribution in [0.3, 0.4) is 0 Å². The molecule has 4 heteroatoms. The number of nitrogens with zero attached hydrogens (tertiary/aromatic N) is 2. The minimum atomic E-state index is 0.0918. The first kappa shape index (κ1) is 17.1. The summed E-state index contributed by atoms with van der Waals surface area (Å²) in [5, 5.41) is 6.93. The van der Waals surface area contributed by atoms with Crippen molar-refractivity contribution in [3.05, 3.63) is 22.8 Å². The van der Waals surface area contributed by atoms with E-state index in [-0.39, 0.29) is 11.1 Å². The minimum Gasteiger partial charge on any atom is -0.306 e. The first-order chi connectivity index (χ1) is 8.98. The quantitative estimate of drug-likeness (QED) is 0.889. The van der Waals surface area contributed by atoms with Gasteiger partial charge in [-0.25, -0.2) is 0 Å². The molecule has 0 spiro atoms. The Bertz CT molecular complexity index is 409. The maximum atomic E-state index is 4.71. The molecule has 0 unspecified atom stereocenters. The van der Waals surface area contributed by atoms with Gasteiger partial charge in [0.25, 0.3) is 0 Å². The van der Waals surface area contributed by atoms with Gasteiger partial charge < -0.3 is 10.6 Å². The fourth-order valence-corrected chi connectivity index (χ4v) is 1.73. The minimum absolute atomic E-state index is 0.0918. The molecule has 1 aromatic heterocycles. The van der Waals surface area contributed by atoms with Gasteiger partial charge >= 0.3 is 0 Å². The second-order valence-corrected chi connectivity index (χ2v) is 7.49. The summed E-state index contributed by atoms with van der Waals surface area (Å²) in [5.74, 6) is 0. The van der Waals surface area contributed by atoms with Crippen molar-refractivity contribution in [2.45, 2.75) is 79.6 Å². The van der Waals surface area contributed by atoms with E-state index in [4.69, 9.17) is 9.97 Å². The van der Waals surface area contributed by atoms with Crippen LogP contribution in [-0.2, 0) is 13.1 Å². The maximum Gasteiger partial charge on any atom is 0.0757 e. The summed E-state index contributed by atoms with van der Waals surface area (Å²) < 4.78 is 0. The van der Waals surface area contributed by atoms with Crippen molar-refractivity contribution in [1.82, 2.24) is 20.6 Å². The molecule has 0 aliphatic rings. The van der Waals surface area contributed by atoms with E-state index >= 15 is 0 Å². The van der Waals surface area contributed by atoms with Crippen LogP contribution in [0.2, 0.25) is 0 Å². The number of nitrogens with one attached hydrogen (secondary N) is 2. The van der Waals surface area contributed by atoms with Crippen molar-refractivity contribution in [1.29, 1.82) is 0 Å². The molecule has 0 amide bonds. The fraction of sp³-hybridized carbons (Fsp3) is 0.750. The molecule has 4 nitrogen and oxygen atoms in total. The monoisotopic (exact) mass is 278 g/mol. The summed E-state index contributed by atoms with van der Waals surface area (Å²) in [6.45, 7) is 18.5. The number of aryl methyl sites for hydroxylation is 2. The molecule has 0 fully saturated rings. The Hall–Kier alpha value is -1.00. The number of aromatic nitrogens is 2. The summed E-state index contributed by atoms with van der Waals surface area (Å²) >= 11 is 0. The molecule has 0 aliphatic carbocycles. The molecular weight excluding hydrogens is 248 g/mol. The molecule has 1 rings (SSSR count). The Morgan fingerprint density at radius 3 is 1.25 bits per heavy atom. The lowest BCUT2D eigenvalue weighted by atomic mass is 10.1. The molecule has 0 aromatic carbocycles. The zero-order valence-corrected chi connectivity index (χ0v) is 14.3. The van der Waals surface area contributed by atoms with Crippen molar-refractivity contribution >= 4 is 0 Å². The Balaban J connectivity index is 2.81. The highest BCUT2D eigenvalue weighted by Gasteiger charge is 2.14. The number of hydrogen-bond acceptors (Lipinski definition) is 4. The molecule has 0 atom stereocenters. The Kier molecular flexibility index (Phi) is 5.27. The summed E-state index contributed by atoms with van der Waals surface area (Å²) in [6.07, 6.45) is 0. The highest BCUT2D eigenvalue weighted by molar-refractivity contribution is 5.19. The van der Waals surface area contributed by atoms with Crippen LogP contribution in [0.1, 0.15) is 64.3 Å². The average molecular weight is 278 g/mol. The van der Waals surface area contributed by atoms with Gasteiger partial charge in [0.2, 0.25) is 0 Å². The van der Waals surface area contributed by atoms with Crippen molar-refractivity contribution < 1.29 is 0 Å². The van der Waals surface area contributed by atoms with E-state index in [2.05, 4.69) is 52.2 Å². The standard InChI is InChI=1S/C16H30N4/c1-11-13(9-17-15(3,4)5)20-12(2)14(19-11)10-18-16(6,7)8/h17-18H,9-10H2,1-8H3. The third kappa shape index (κ3) is 5.97. The average Bonchev–Trinajstić information content (AvgIpc) is 2.25. The lowest BCUT2D eigenvalue weighted by Crippen LogP contribution is -2.36. The van der Waals surface area contributed by atoms with Gasteiger partial charge in [-0.15, -0.1) is 0 Å². The van der Waals surface area contributed by atoms with E-state index in [0.29, 0.717) is 0 Å². The largest absolute Gasteiger partial charge is 0.306 e. The van der Waals surface area contributed by atoms with Crippen molar-refractivity contribution in [2.24, 2.45) is 0 Å². The van der Waals surface area contributed by atoms with E-state index < -0.39 is 0 Å². The van der Waals surface area contributed by atoms with Crippen LogP contribution in [0.4, 0.5) is 0 Å². The number of hydrogen-bond donors (Lipinski definition) is 2. The summed E-state index contributed by atoms with van der Waals surface area (Å²) in [5.41, 5.74) is 4.29. The highest BCUT2D eigenvalue weighted by atomic mass is 15.0. The van der Waals surface area contributed by atoms with Gasteiger partial charge in [-0.2, -0.15) is 0 Å². The van der Waals surface area contributed by atoms with E-state index in [1.165, 1.54) is 0 Å². The van der Waals surface area contributed by atoms with Gasteiger partial charge in [-0.1, -0.05) is 0 Å². The van der Waals surface area contributed by atoms with Crippen molar-refractivity contribution in [2.75, 3.05) is 0 Å². The molecule has 1 aromatic rings. The highest BCUT2D eigenvalue weighted by Crippen LogP contribution is 2.11. The molecule has 0 radical (unpaired) electrons. The lowest BCUT2D eigenvalue weighted by molar-refractivity contribution is 0.414. The Labute approximate surface area is 123 Å². The van der Waals surface area contributed by atoms with Gasteiger partial charge in [0, 0.05) is 24.2 Å². The molecule has 0 bridgehead atoms. The van der Waals surface area contributed by atoms with Crippen LogP contribution in [0.15, 0.2) is 0 Å². The Morgan fingerprint density at radius 1 is 0.700 bits per heavy atom. The Morgan fingerprint density at radius 2 is 1.00 bits per heavy atom. The summed E-state index contributed by atoms with van der Waals surface area (Å²) in [6, 6.07) is 0.